The number of rotatable bonds is 6. The van der Waals surface area contributed by atoms with Crippen molar-refractivity contribution in [3.8, 4) is 0 Å². The van der Waals surface area contributed by atoms with Crippen molar-refractivity contribution in [3.05, 3.63) is 28.7 Å². The molecule has 5 nitrogen and oxygen atoms in total. The zero-order chi connectivity index (χ0) is 14.3. The van der Waals surface area contributed by atoms with Crippen molar-refractivity contribution in [1.29, 1.82) is 0 Å². The highest BCUT2D eigenvalue weighted by Crippen LogP contribution is 2.15. The topological polar surface area (TPSA) is 70.2 Å². The van der Waals surface area contributed by atoms with E-state index in [9.17, 15) is 9.59 Å². The van der Waals surface area contributed by atoms with Crippen molar-refractivity contribution in [1.82, 2.24) is 10.6 Å². The zero-order valence-electron chi connectivity index (χ0n) is 11.0. The predicted octanol–water partition coefficient (Wildman–Crippen LogP) is 1.50. The van der Waals surface area contributed by atoms with Crippen molar-refractivity contribution in [2.24, 2.45) is 0 Å². The van der Waals surface area contributed by atoms with Crippen LogP contribution in [0.5, 0.6) is 0 Å². The van der Waals surface area contributed by atoms with Gasteiger partial charge in [0, 0.05) is 16.2 Å². The Balaban J connectivity index is 2.27. The fraction of sp³-hybridized carbons (Fsp3) is 0.385. The predicted molar refractivity (Wildman–Crippen MR) is 78.9 cm³/mol. The van der Waals surface area contributed by atoms with Crippen LogP contribution >= 0.6 is 15.9 Å². The van der Waals surface area contributed by atoms with E-state index in [-0.39, 0.29) is 30.9 Å². The minimum Gasteiger partial charge on any atom is -0.353 e. The highest BCUT2D eigenvalue weighted by atomic mass is 79.9. The van der Waals surface area contributed by atoms with E-state index in [0.717, 1.165) is 4.47 Å². The maximum absolute atomic E-state index is 11.6. The summed E-state index contributed by atoms with van der Waals surface area (Å²) in [6.45, 7) is 4.00. The molecule has 0 heterocycles. The Morgan fingerprint density at radius 2 is 1.89 bits per heavy atom. The molecule has 104 valence electrons. The number of carbonyl (C=O) groups is 2. The zero-order valence-corrected chi connectivity index (χ0v) is 12.6. The molecule has 1 aromatic carbocycles. The molecule has 0 atom stereocenters. The van der Waals surface area contributed by atoms with E-state index in [1.54, 1.807) is 6.07 Å². The van der Waals surface area contributed by atoms with Gasteiger partial charge in [0.15, 0.2) is 0 Å². The summed E-state index contributed by atoms with van der Waals surface area (Å²) in [6, 6.07) is 7.43. The average molecular weight is 328 g/mol. The average Bonchev–Trinajstić information content (AvgIpc) is 2.27. The molecule has 0 aliphatic rings. The van der Waals surface area contributed by atoms with Crippen LogP contribution in [0.25, 0.3) is 0 Å². The van der Waals surface area contributed by atoms with Gasteiger partial charge in [0.1, 0.15) is 0 Å². The number of carbonyl (C=O) groups excluding carboxylic acids is 2. The highest BCUT2D eigenvalue weighted by molar-refractivity contribution is 9.10. The molecule has 0 spiro atoms. The number of halogens is 1. The molecule has 0 fully saturated rings. The molecule has 0 saturated carbocycles. The standard InChI is InChI=1S/C13H18BrN3O2/c1-9(2)16-12(18)7-15-8-13(19)17-11-5-3-4-10(14)6-11/h3-6,9,15H,7-8H2,1-2H3,(H,16,18)(H,17,19). The molecule has 0 bridgehead atoms. The molecule has 6 heteroatoms. The second-order valence-corrected chi connectivity index (χ2v) is 5.30. The van der Waals surface area contributed by atoms with Crippen LogP contribution in [0, 0.1) is 0 Å². The van der Waals surface area contributed by atoms with Crippen LogP contribution in [-0.2, 0) is 9.59 Å². The molecule has 0 aromatic heterocycles. The van der Waals surface area contributed by atoms with Gasteiger partial charge in [0.05, 0.1) is 13.1 Å². The lowest BCUT2D eigenvalue weighted by Crippen LogP contribution is -2.40. The summed E-state index contributed by atoms with van der Waals surface area (Å²) in [6.07, 6.45) is 0. The maximum atomic E-state index is 11.6. The SMILES string of the molecule is CC(C)NC(=O)CNCC(=O)Nc1cccc(Br)c1. The molecule has 0 saturated heterocycles. The van der Waals surface area contributed by atoms with Gasteiger partial charge in [0.2, 0.25) is 11.8 Å². The number of hydrogen-bond donors (Lipinski definition) is 3. The normalized spacial score (nSPS) is 10.3. The first-order chi connectivity index (χ1) is 8.97. The van der Waals surface area contributed by atoms with Gasteiger partial charge in [-0.2, -0.15) is 0 Å². The monoisotopic (exact) mass is 327 g/mol. The Labute approximate surface area is 121 Å². The molecule has 0 unspecified atom stereocenters. The van der Waals surface area contributed by atoms with Crippen molar-refractivity contribution >= 4 is 33.4 Å². The first kappa shape index (κ1) is 15.7. The molecule has 1 aromatic rings. The Kier molecular flexibility index (Phi) is 6.52. The largest absolute Gasteiger partial charge is 0.353 e. The lowest BCUT2D eigenvalue weighted by Gasteiger charge is -2.09. The highest BCUT2D eigenvalue weighted by Gasteiger charge is 2.05. The summed E-state index contributed by atoms with van der Waals surface area (Å²) >= 11 is 3.33. The van der Waals surface area contributed by atoms with E-state index in [2.05, 4.69) is 31.9 Å². The first-order valence-corrected chi connectivity index (χ1v) is 6.82. The summed E-state index contributed by atoms with van der Waals surface area (Å²) in [5.74, 6) is -0.305. The van der Waals surface area contributed by atoms with E-state index in [4.69, 9.17) is 0 Å². The summed E-state index contributed by atoms with van der Waals surface area (Å²) in [7, 11) is 0. The third-order valence-electron chi connectivity index (χ3n) is 2.13. The molecule has 3 N–H and O–H groups in total. The van der Waals surface area contributed by atoms with Crippen molar-refractivity contribution in [2.45, 2.75) is 19.9 Å². The van der Waals surface area contributed by atoms with Gasteiger partial charge in [-0.05, 0) is 32.0 Å². The summed E-state index contributed by atoms with van der Waals surface area (Å²) in [4.78, 5) is 22.9. The van der Waals surface area contributed by atoms with Crippen LogP contribution in [0.4, 0.5) is 5.69 Å². The molecule has 0 aliphatic carbocycles. The van der Waals surface area contributed by atoms with Crippen LogP contribution in [0.3, 0.4) is 0 Å². The molecule has 2 amide bonds. The van der Waals surface area contributed by atoms with Gasteiger partial charge in [-0.15, -0.1) is 0 Å². The number of benzene rings is 1. The van der Waals surface area contributed by atoms with Crippen molar-refractivity contribution in [3.63, 3.8) is 0 Å². The molecular formula is C13H18BrN3O2. The molecular weight excluding hydrogens is 310 g/mol. The van der Waals surface area contributed by atoms with E-state index in [0.29, 0.717) is 5.69 Å². The van der Waals surface area contributed by atoms with Gasteiger partial charge in [0.25, 0.3) is 0 Å². The van der Waals surface area contributed by atoms with Crippen molar-refractivity contribution < 1.29 is 9.59 Å². The summed E-state index contributed by atoms with van der Waals surface area (Å²) < 4.78 is 0.898. The van der Waals surface area contributed by atoms with Gasteiger partial charge in [-0.3, -0.25) is 14.9 Å². The first-order valence-electron chi connectivity index (χ1n) is 6.03. The minimum absolute atomic E-state index is 0.0953. The van der Waals surface area contributed by atoms with Gasteiger partial charge in [-0.1, -0.05) is 22.0 Å². The Bertz CT molecular complexity index is 449. The number of hydrogen-bond acceptors (Lipinski definition) is 3. The Hall–Kier alpha value is -1.40. The van der Waals surface area contributed by atoms with E-state index >= 15 is 0 Å². The van der Waals surface area contributed by atoms with E-state index in [1.807, 2.05) is 32.0 Å². The maximum Gasteiger partial charge on any atom is 0.238 e. The minimum atomic E-state index is -0.185. The summed E-state index contributed by atoms with van der Waals surface area (Å²) in [5, 5.41) is 8.26. The Morgan fingerprint density at radius 3 is 2.53 bits per heavy atom. The van der Waals surface area contributed by atoms with E-state index in [1.165, 1.54) is 0 Å². The number of nitrogens with one attached hydrogen (secondary N) is 3. The number of amides is 2. The lowest BCUT2D eigenvalue weighted by atomic mass is 10.3. The van der Waals surface area contributed by atoms with Crippen molar-refractivity contribution in [2.75, 3.05) is 18.4 Å². The summed E-state index contributed by atoms with van der Waals surface area (Å²) in [5.41, 5.74) is 0.716. The van der Waals surface area contributed by atoms with Gasteiger partial charge >= 0.3 is 0 Å². The second kappa shape index (κ2) is 7.91. The molecule has 1 rings (SSSR count). The molecule has 19 heavy (non-hydrogen) atoms. The fourth-order valence-corrected chi connectivity index (χ4v) is 1.83. The van der Waals surface area contributed by atoms with Crippen LogP contribution in [0.2, 0.25) is 0 Å². The smallest absolute Gasteiger partial charge is 0.238 e. The van der Waals surface area contributed by atoms with Crippen LogP contribution in [0.15, 0.2) is 28.7 Å². The lowest BCUT2D eigenvalue weighted by molar-refractivity contribution is -0.120. The molecule has 0 radical (unpaired) electrons. The number of anilines is 1. The second-order valence-electron chi connectivity index (χ2n) is 4.38. The van der Waals surface area contributed by atoms with Gasteiger partial charge < -0.3 is 10.6 Å². The molecule has 0 aliphatic heterocycles. The van der Waals surface area contributed by atoms with E-state index < -0.39 is 0 Å². The quantitative estimate of drug-likeness (QED) is 0.741. The van der Waals surface area contributed by atoms with Crippen LogP contribution in [-0.4, -0.2) is 30.9 Å². The van der Waals surface area contributed by atoms with Gasteiger partial charge in [-0.25, -0.2) is 0 Å². The van der Waals surface area contributed by atoms with Crippen LogP contribution in [0.1, 0.15) is 13.8 Å². The fourth-order valence-electron chi connectivity index (χ4n) is 1.43. The Morgan fingerprint density at radius 1 is 1.21 bits per heavy atom. The third kappa shape index (κ3) is 6.93. The van der Waals surface area contributed by atoms with Crippen LogP contribution < -0.4 is 16.0 Å². The third-order valence-corrected chi connectivity index (χ3v) is 2.62.